The van der Waals surface area contributed by atoms with Gasteiger partial charge in [0.05, 0.1) is 0 Å². The average Bonchev–Trinajstić information content (AvgIpc) is 2.65. The average molecular weight is 245 g/mol. The largest absolute Gasteiger partial charge is 0.355 e. The van der Waals surface area contributed by atoms with Gasteiger partial charge in [-0.15, -0.1) is 0 Å². The molecule has 18 heavy (non-hydrogen) atoms. The number of nitrogens with one attached hydrogen (secondary N) is 1. The molecule has 0 aliphatic heterocycles. The highest BCUT2D eigenvalue weighted by Crippen LogP contribution is 2.06. The Kier molecular flexibility index (Phi) is 6.27. The number of H-pyrrole nitrogens is 1. The Bertz CT molecular complexity index is 581. The van der Waals surface area contributed by atoms with Crippen LogP contribution in [0.25, 0.3) is 23.1 Å². The third kappa shape index (κ3) is 3.04. The molecule has 0 atom stereocenters. The first kappa shape index (κ1) is 14.6. The highest BCUT2D eigenvalue weighted by atomic mass is 14.7. The second-order valence-corrected chi connectivity index (χ2v) is 3.84. The fourth-order valence-electron chi connectivity index (χ4n) is 2.18. The van der Waals surface area contributed by atoms with Crippen LogP contribution in [0, 0.1) is 0 Å². The van der Waals surface area contributed by atoms with Crippen LogP contribution in [0.15, 0.2) is 24.3 Å². The van der Waals surface area contributed by atoms with Gasteiger partial charge in [0.25, 0.3) is 0 Å². The van der Waals surface area contributed by atoms with E-state index in [4.69, 9.17) is 0 Å². The van der Waals surface area contributed by atoms with Crippen molar-refractivity contribution in [1.29, 1.82) is 0 Å². The van der Waals surface area contributed by atoms with Crippen molar-refractivity contribution >= 4 is 23.1 Å². The zero-order valence-corrected chi connectivity index (χ0v) is 12.1. The summed E-state index contributed by atoms with van der Waals surface area (Å²) in [4.78, 5) is 3.47. The number of aromatic nitrogens is 1. The SMILES string of the molecule is C1=c2[nH]c3ccccc3c2=CCCC1.CC.CC.[HH]. The monoisotopic (exact) mass is 245 g/mol. The van der Waals surface area contributed by atoms with E-state index in [9.17, 15) is 0 Å². The van der Waals surface area contributed by atoms with Crippen LogP contribution in [0.5, 0.6) is 0 Å². The third-order valence-electron chi connectivity index (χ3n) is 2.88. The van der Waals surface area contributed by atoms with Gasteiger partial charge in [0.15, 0.2) is 0 Å². The molecule has 1 aliphatic carbocycles. The fourth-order valence-corrected chi connectivity index (χ4v) is 2.18. The Morgan fingerprint density at radius 3 is 2.39 bits per heavy atom. The molecule has 0 unspecified atom stereocenters. The first-order chi connectivity index (χ1) is 8.95. The first-order valence-electron chi connectivity index (χ1n) is 7.22. The van der Waals surface area contributed by atoms with Crippen LogP contribution in [-0.4, -0.2) is 4.98 Å². The quantitative estimate of drug-likeness (QED) is 0.715. The second-order valence-electron chi connectivity index (χ2n) is 3.84. The first-order valence-corrected chi connectivity index (χ1v) is 7.22. The van der Waals surface area contributed by atoms with Crippen molar-refractivity contribution in [3.63, 3.8) is 0 Å². The van der Waals surface area contributed by atoms with Crippen LogP contribution in [-0.2, 0) is 0 Å². The smallest absolute Gasteiger partial charge is 0.0464 e. The summed E-state index contributed by atoms with van der Waals surface area (Å²) in [6.45, 7) is 8.00. The lowest BCUT2D eigenvalue weighted by Crippen LogP contribution is -2.21. The van der Waals surface area contributed by atoms with Crippen LogP contribution in [0.3, 0.4) is 0 Å². The topological polar surface area (TPSA) is 15.8 Å². The van der Waals surface area contributed by atoms with Crippen molar-refractivity contribution < 1.29 is 1.43 Å². The van der Waals surface area contributed by atoms with E-state index in [0.717, 1.165) is 0 Å². The molecule has 100 valence electrons. The fraction of sp³-hybridized carbons (Fsp3) is 0.412. The Labute approximate surface area is 112 Å². The summed E-state index contributed by atoms with van der Waals surface area (Å²) in [6, 6.07) is 8.53. The van der Waals surface area contributed by atoms with Gasteiger partial charge in [0.2, 0.25) is 0 Å². The zero-order chi connectivity index (χ0) is 13.4. The molecule has 1 aromatic carbocycles. The molecular weight excluding hydrogens is 218 g/mol. The van der Waals surface area contributed by atoms with Gasteiger partial charge in [-0.2, -0.15) is 0 Å². The number of fused-ring (bicyclic) bond motifs is 3. The van der Waals surface area contributed by atoms with E-state index in [2.05, 4.69) is 41.4 Å². The molecule has 0 saturated heterocycles. The molecule has 0 spiro atoms. The van der Waals surface area contributed by atoms with Crippen molar-refractivity contribution in [3.05, 3.63) is 34.8 Å². The van der Waals surface area contributed by atoms with Gasteiger partial charge < -0.3 is 4.98 Å². The van der Waals surface area contributed by atoms with Crippen molar-refractivity contribution in [3.8, 4) is 0 Å². The predicted molar refractivity (Wildman–Crippen MR) is 85.1 cm³/mol. The van der Waals surface area contributed by atoms with Crippen LogP contribution >= 0.6 is 0 Å². The highest BCUT2D eigenvalue weighted by Gasteiger charge is 2.00. The van der Waals surface area contributed by atoms with Gasteiger partial charge in [0.1, 0.15) is 0 Å². The molecule has 3 rings (SSSR count). The van der Waals surface area contributed by atoms with Crippen LogP contribution in [0.4, 0.5) is 0 Å². The van der Waals surface area contributed by atoms with Crippen molar-refractivity contribution in [2.75, 3.05) is 0 Å². The van der Waals surface area contributed by atoms with Gasteiger partial charge >= 0.3 is 0 Å². The number of rotatable bonds is 0. The molecule has 1 heterocycles. The molecule has 0 fully saturated rings. The van der Waals surface area contributed by atoms with Gasteiger partial charge in [-0.1, -0.05) is 58.0 Å². The number of para-hydroxylation sites is 1. The van der Waals surface area contributed by atoms with Crippen molar-refractivity contribution in [2.24, 2.45) is 0 Å². The van der Waals surface area contributed by atoms with E-state index < -0.39 is 0 Å². The Hall–Kier alpha value is -1.50. The minimum Gasteiger partial charge on any atom is -0.355 e. The zero-order valence-electron chi connectivity index (χ0n) is 12.1. The normalized spacial score (nSPS) is 12.7. The molecule has 1 aliphatic rings. The highest BCUT2D eigenvalue weighted by molar-refractivity contribution is 5.81. The lowest BCUT2D eigenvalue weighted by molar-refractivity contribution is 0.924. The van der Waals surface area contributed by atoms with Crippen LogP contribution < -0.4 is 10.6 Å². The lowest BCUT2D eigenvalue weighted by Gasteiger charge is -1.88. The minimum absolute atomic E-state index is 0. The predicted octanol–water partition coefficient (Wildman–Crippen LogP) is 4.21. The molecule has 0 bridgehead atoms. The molecular formula is C17H27N. The molecule has 1 heteroatoms. The minimum atomic E-state index is 0. The molecule has 0 radical (unpaired) electrons. The number of aromatic amines is 1. The third-order valence-corrected chi connectivity index (χ3v) is 2.88. The number of benzene rings is 1. The standard InChI is InChI=1S/C13H13N.2C2H6.H2/c1-2-6-10-11-7-4-5-9-13(11)14-12(10)8-3-1;2*1-2;/h4-9,14H,1-3H2;2*1-2H3;1H. The maximum Gasteiger partial charge on any atom is 0.0464 e. The van der Waals surface area contributed by atoms with Gasteiger partial charge in [-0.05, 0) is 25.3 Å². The molecule has 1 aromatic heterocycles. The van der Waals surface area contributed by atoms with E-state index in [1.807, 2.05) is 27.7 Å². The van der Waals surface area contributed by atoms with E-state index in [1.54, 1.807) is 0 Å². The summed E-state index contributed by atoms with van der Waals surface area (Å²) in [7, 11) is 0. The van der Waals surface area contributed by atoms with Gasteiger partial charge in [-0.25, -0.2) is 0 Å². The summed E-state index contributed by atoms with van der Waals surface area (Å²) in [6.07, 6.45) is 8.34. The Morgan fingerprint density at radius 1 is 0.944 bits per heavy atom. The maximum absolute atomic E-state index is 3.47. The van der Waals surface area contributed by atoms with Crippen LogP contribution in [0.1, 0.15) is 48.4 Å². The molecule has 1 nitrogen and oxygen atoms in total. The summed E-state index contributed by atoms with van der Waals surface area (Å²) in [5.41, 5.74) is 1.26. The van der Waals surface area contributed by atoms with E-state index in [-0.39, 0.29) is 1.43 Å². The summed E-state index contributed by atoms with van der Waals surface area (Å²) in [5.74, 6) is 0. The molecule has 0 saturated carbocycles. The van der Waals surface area contributed by atoms with Gasteiger partial charge in [0, 0.05) is 22.9 Å². The second kappa shape index (κ2) is 7.75. The summed E-state index contributed by atoms with van der Waals surface area (Å²) < 4.78 is 0. The van der Waals surface area contributed by atoms with E-state index in [0.29, 0.717) is 0 Å². The Balaban J connectivity index is 0.000000597. The summed E-state index contributed by atoms with van der Waals surface area (Å²) in [5, 5.41) is 4.07. The van der Waals surface area contributed by atoms with Crippen molar-refractivity contribution in [1.82, 2.24) is 4.98 Å². The lowest BCUT2D eigenvalue weighted by atomic mass is 10.2. The van der Waals surface area contributed by atoms with Gasteiger partial charge in [-0.3, -0.25) is 0 Å². The molecule has 2 aromatic rings. The van der Waals surface area contributed by atoms with E-state index >= 15 is 0 Å². The summed E-state index contributed by atoms with van der Waals surface area (Å²) >= 11 is 0. The number of hydrogen-bond acceptors (Lipinski definition) is 0. The molecule has 1 N–H and O–H groups in total. The van der Waals surface area contributed by atoms with E-state index in [1.165, 1.54) is 40.7 Å². The molecule has 0 amide bonds. The Morgan fingerprint density at radius 2 is 1.61 bits per heavy atom. The van der Waals surface area contributed by atoms with Crippen molar-refractivity contribution in [2.45, 2.75) is 47.0 Å². The maximum atomic E-state index is 3.47. The van der Waals surface area contributed by atoms with Crippen LogP contribution in [0.2, 0.25) is 0 Å². The number of hydrogen-bond donors (Lipinski definition) is 1.